The summed E-state index contributed by atoms with van der Waals surface area (Å²) in [5, 5.41) is 2.36. The number of ether oxygens (including phenoxy) is 1. The number of fused-ring (bicyclic) bond motifs is 1. The largest absolute Gasteiger partial charge is 0.444 e. The number of esters is 1. The van der Waals surface area contributed by atoms with Gasteiger partial charge in [0, 0.05) is 19.8 Å². The number of rotatable bonds is 2. The molecular weight excluding hydrogens is 308 g/mol. The molecule has 25 heavy (non-hydrogen) atoms. The van der Waals surface area contributed by atoms with Gasteiger partial charge < -0.3 is 4.74 Å². The molecule has 124 valence electrons. The van der Waals surface area contributed by atoms with Crippen LogP contribution >= 0.6 is 0 Å². The Morgan fingerprint density at radius 1 is 1.08 bits per heavy atom. The molecule has 0 amide bonds. The lowest BCUT2D eigenvalue weighted by atomic mass is 10.0. The van der Waals surface area contributed by atoms with Crippen LogP contribution in [-0.2, 0) is 9.53 Å². The Bertz CT molecular complexity index is 929. The fourth-order valence-electron chi connectivity index (χ4n) is 2.75. The van der Waals surface area contributed by atoms with E-state index in [0.29, 0.717) is 0 Å². The van der Waals surface area contributed by atoms with Gasteiger partial charge in [-0.1, -0.05) is 60.1 Å². The molecule has 2 nitrogen and oxygen atoms in total. The zero-order valence-corrected chi connectivity index (χ0v) is 14.3. The predicted molar refractivity (Wildman–Crippen MR) is 101 cm³/mol. The minimum atomic E-state index is -0.602. The Balaban J connectivity index is 2.01. The lowest BCUT2D eigenvalue weighted by molar-refractivity contribution is -0.142. The second-order valence-corrected chi connectivity index (χ2v) is 6.03. The number of hydrogen-bond acceptors (Lipinski definition) is 2. The van der Waals surface area contributed by atoms with Gasteiger partial charge in [0.05, 0.1) is 5.57 Å². The zero-order chi connectivity index (χ0) is 17.5. The van der Waals surface area contributed by atoms with Crippen molar-refractivity contribution in [2.45, 2.75) is 38.7 Å². The molecule has 1 aliphatic rings. The van der Waals surface area contributed by atoms with Crippen molar-refractivity contribution < 1.29 is 9.53 Å². The van der Waals surface area contributed by atoms with Crippen molar-refractivity contribution in [1.82, 2.24) is 0 Å². The monoisotopic (exact) mass is 328 g/mol. The van der Waals surface area contributed by atoms with Crippen molar-refractivity contribution in [3.05, 3.63) is 53.6 Å². The number of carbonyl (C=O) groups excluding carboxylic acids is 1. The molecule has 0 aliphatic heterocycles. The van der Waals surface area contributed by atoms with E-state index in [2.05, 4.69) is 47.9 Å². The highest BCUT2D eigenvalue weighted by atomic mass is 16.5. The highest BCUT2D eigenvalue weighted by Crippen LogP contribution is 2.19. The summed E-state index contributed by atoms with van der Waals surface area (Å²) in [6.07, 6.45) is 5.09. The van der Waals surface area contributed by atoms with Gasteiger partial charge in [-0.15, -0.1) is 0 Å². The summed E-state index contributed by atoms with van der Waals surface area (Å²) in [6.45, 7) is 1.40. The summed E-state index contributed by atoms with van der Waals surface area (Å²) in [5.74, 6) is 12.2. The fourth-order valence-corrected chi connectivity index (χ4v) is 2.75. The van der Waals surface area contributed by atoms with Crippen LogP contribution in [0.3, 0.4) is 0 Å². The maximum absolute atomic E-state index is 11.5. The third kappa shape index (κ3) is 4.75. The SMILES string of the molecule is CC(=O)OC1C#CCCCCC#C/C1=C\c1ccc2ccccc2c1. The van der Waals surface area contributed by atoms with Crippen LogP contribution in [0.1, 0.15) is 38.2 Å². The lowest BCUT2D eigenvalue weighted by Gasteiger charge is -2.12. The van der Waals surface area contributed by atoms with Crippen molar-refractivity contribution in [2.24, 2.45) is 0 Å². The van der Waals surface area contributed by atoms with E-state index in [9.17, 15) is 4.79 Å². The maximum atomic E-state index is 11.5. The van der Waals surface area contributed by atoms with Crippen LogP contribution in [-0.4, -0.2) is 12.1 Å². The summed E-state index contributed by atoms with van der Waals surface area (Å²) in [4.78, 5) is 11.5. The van der Waals surface area contributed by atoms with Crippen LogP contribution in [0.4, 0.5) is 0 Å². The molecule has 0 saturated carbocycles. The molecule has 0 heterocycles. The molecule has 0 saturated heterocycles. The van der Waals surface area contributed by atoms with Gasteiger partial charge in [-0.25, -0.2) is 0 Å². The Kier molecular flexibility index (Phi) is 5.55. The van der Waals surface area contributed by atoms with Crippen molar-refractivity contribution >= 4 is 22.8 Å². The van der Waals surface area contributed by atoms with E-state index >= 15 is 0 Å². The second-order valence-electron chi connectivity index (χ2n) is 6.03. The van der Waals surface area contributed by atoms with Gasteiger partial charge in [0.25, 0.3) is 0 Å². The molecule has 0 N–H and O–H groups in total. The van der Waals surface area contributed by atoms with Crippen LogP contribution in [0.2, 0.25) is 0 Å². The van der Waals surface area contributed by atoms with Crippen molar-refractivity contribution in [3.63, 3.8) is 0 Å². The highest BCUT2D eigenvalue weighted by molar-refractivity contribution is 5.85. The van der Waals surface area contributed by atoms with Crippen molar-refractivity contribution in [3.8, 4) is 23.7 Å². The van der Waals surface area contributed by atoms with E-state index in [1.54, 1.807) is 0 Å². The van der Waals surface area contributed by atoms with Crippen LogP contribution in [0.15, 0.2) is 48.0 Å². The number of benzene rings is 2. The standard InChI is InChI=1S/C23H20O2/c1-18(24)25-23-13-7-5-3-2-4-6-12-22(23)17-19-14-15-20-10-8-9-11-21(20)16-19/h8-11,14-17,23H,2-5H2,1H3/b22-17+. The van der Waals surface area contributed by atoms with E-state index in [-0.39, 0.29) is 5.97 Å². The first-order valence-electron chi connectivity index (χ1n) is 8.57. The Morgan fingerprint density at radius 2 is 1.84 bits per heavy atom. The molecule has 1 aliphatic carbocycles. The van der Waals surface area contributed by atoms with Crippen molar-refractivity contribution in [2.75, 3.05) is 0 Å². The molecular formula is C23H20O2. The first-order chi connectivity index (χ1) is 12.2. The average Bonchev–Trinajstić information content (AvgIpc) is 2.61. The van der Waals surface area contributed by atoms with Crippen LogP contribution in [0.5, 0.6) is 0 Å². The average molecular weight is 328 g/mol. The summed E-state index contributed by atoms with van der Waals surface area (Å²) in [7, 11) is 0. The van der Waals surface area contributed by atoms with Gasteiger partial charge in [0.2, 0.25) is 0 Å². The van der Waals surface area contributed by atoms with E-state index in [1.165, 1.54) is 17.7 Å². The third-order valence-electron chi connectivity index (χ3n) is 3.98. The molecule has 1 unspecified atom stereocenters. The van der Waals surface area contributed by atoms with Gasteiger partial charge in [0.15, 0.2) is 6.10 Å². The van der Waals surface area contributed by atoms with Gasteiger partial charge in [0.1, 0.15) is 0 Å². The number of hydrogen-bond donors (Lipinski definition) is 0. The molecule has 0 fully saturated rings. The van der Waals surface area contributed by atoms with Gasteiger partial charge >= 0.3 is 5.97 Å². The Labute approximate surface area is 148 Å². The van der Waals surface area contributed by atoms with Gasteiger partial charge in [-0.3, -0.25) is 4.79 Å². The maximum Gasteiger partial charge on any atom is 0.304 e. The first kappa shape index (κ1) is 16.9. The topological polar surface area (TPSA) is 26.3 Å². The third-order valence-corrected chi connectivity index (χ3v) is 3.98. The lowest BCUT2D eigenvalue weighted by Crippen LogP contribution is -2.16. The van der Waals surface area contributed by atoms with E-state index < -0.39 is 6.10 Å². The van der Waals surface area contributed by atoms with Crippen LogP contribution in [0, 0.1) is 23.7 Å². The first-order valence-corrected chi connectivity index (χ1v) is 8.57. The molecule has 0 bridgehead atoms. The normalized spacial score (nSPS) is 18.6. The molecule has 2 aromatic rings. The Hall–Kier alpha value is -2.97. The predicted octanol–water partition coefficient (Wildman–Crippen LogP) is 4.74. The fraction of sp³-hybridized carbons (Fsp3) is 0.261. The summed E-state index contributed by atoms with van der Waals surface area (Å²) in [5.41, 5.74) is 1.76. The van der Waals surface area contributed by atoms with Crippen LogP contribution < -0.4 is 0 Å². The molecule has 2 heteroatoms. The van der Waals surface area contributed by atoms with E-state index in [0.717, 1.165) is 36.8 Å². The van der Waals surface area contributed by atoms with Crippen molar-refractivity contribution in [1.29, 1.82) is 0 Å². The minimum Gasteiger partial charge on any atom is -0.444 e. The Morgan fingerprint density at radius 3 is 2.64 bits per heavy atom. The molecule has 0 aromatic heterocycles. The highest BCUT2D eigenvalue weighted by Gasteiger charge is 2.14. The van der Waals surface area contributed by atoms with Gasteiger partial charge in [-0.05, 0) is 41.3 Å². The summed E-state index contributed by atoms with van der Waals surface area (Å²) < 4.78 is 5.41. The molecule has 0 radical (unpaired) electrons. The van der Waals surface area contributed by atoms with E-state index in [4.69, 9.17) is 4.74 Å². The summed E-state index contributed by atoms with van der Waals surface area (Å²) >= 11 is 0. The van der Waals surface area contributed by atoms with Crippen LogP contribution in [0.25, 0.3) is 16.8 Å². The molecule has 0 spiro atoms. The molecule has 2 aromatic carbocycles. The second kappa shape index (κ2) is 8.22. The number of carbonyl (C=O) groups is 1. The zero-order valence-electron chi connectivity index (χ0n) is 14.3. The van der Waals surface area contributed by atoms with Gasteiger partial charge in [-0.2, -0.15) is 0 Å². The van der Waals surface area contributed by atoms with E-state index in [1.807, 2.05) is 24.3 Å². The smallest absolute Gasteiger partial charge is 0.304 e. The summed E-state index contributed by atoms with van der Waals surface area (Å²) in [6, 6.07) is 14.5. The molecule has 1 atom stereocenters. The minimum absolute atomic E-state index is 0.345. The molecule has 3 rings (SSSR count). The quantitative estimate of drug-likeness (QED) is 0.588.